The molecule has 1 N–H and O–H groups in total. The molecule has 132 valence electrons. The second-order valence-corrected chi connectivity index (χ2v) is 6.89. The summed E-state index contributed by atoms with van der Waals surface area (Å²) in [5.74, 6) is 0.333. The summed E-state index contributed by atoms with van der Waals surface area (Å²) in [5.41, 5.74) is 1.04. The van der Waals surface area contributed by atoms with Gasteiger partial charge in [-0.1, -0.05) is 12.1 Å². The largest absolute Gasteiger partial charge is 0.497 e. The van der Waals surface area contributed by atoms with Gasteiger partial charge in [-0.25, -0.2) is 4.39 Å². The van der Waals surface area contributed by atoms with Gasteiger partial charge in [-0.05, 0) is 43.2 Å². The molecule has 2 aromatic rings. The Balaban J connectivity index is 1.66. The van der Waals surface area contributed by atoms with Gasteiger partial charge in [-0.2, -0.15) is 0 Å². The van der Waals surface area contributed by atoms with Crippen molar-refractivity contribution < 1.29 is 13.9 Å². The molecule has 1 amide bonds. The highest BCUT2D eigenvalue weighted by Crippen LogP contribution is 2.31. The van der Waals surface area contributed by atoms with Crippen molar-refractivity contribution >= 4 is 29.0 Å². The first-order valence-electron chi connectivity index (χ1n) is 8.27. The van der Waals surface area contributed by atoms with Gasteiger partial charge >= 0.3 is 0 Å². The molecule has 0 bridgehead atoms. The van der Waals surface area contributed by atoms with Crippen molar-refractivity contribution in [2.75, 3.05) is 36.2 Å². The second-order valence-electron chi connectivity index (χ2n) is 5.84. The number of rotatable bonds is 6. The lowest BCUT2D eigenvalue weighted by atomic mass is 10.2. The highest BCUT2D eigenvalue weighted by atomic mass is 32.2. The molecule has 0 atom stereocenters. The Kier molecular flexibility index (Phi) is 5.81. The molecule has 4 nitrogen and oxygen atoms in total. The van der Waals surface area contributed by atoms with Crippen LogP contribution in [0.15, 0.2) is 47.4 Å². The van der Waals surface area contributed by atoms with Gasteiger partial charge in [0.25, 0.3) is 0 Å². The Morgan fingerprint density at radius 3 is 2.76 bits per heavy atom. The average Bonchev–Trinajstić information content (AvgIpc) is 3.16. The highest BCUT2D eigenvalue weighted by molar-refractivity contribution is 8.00. The lowest BCUT2D eigenvalue weighted by molar-refractivity contribution is -0.113. The van der Waals surface area contributed by atoms with E-state index in [1.807, 2.05) is 30.3 Å². The zero-order chi connectivity index (χ0) is 17.6. The topological polar surface area (TPSA) is 41.6 Å². The van der Waals surface area contributed by atoms with Gasteiger partial charge in [0.15, 0.2) is 0 Å². The fraction of sp³-hybridized carbons (Fsp3) is 0.316. The third kappa shape index (κ3) is 4.45. The van der Waals surface area contributed by atoms with Crippen LogP contribution in [0.25, 0.3) is 0 Å². The van der Waals surface area contributed by atoms with E-state index in [4.69, 9.17) is 4.74 Å². The van der Waals surface area contributed by atoms with E-state index in [1.165, 1.54) is 17.8 Å². The van der Waals surface area contributed by atoms with E-state index in [0.717, 1.165) is 42.3 Å². The summed E-state index contributed by atoms with van der Waals surface area (Å²) < 4.78 is 19.4. The Hall–Kier alpha value is -2.21. The predicted molar refractivity (Wildman–Crippen MR) is 100 cm³/mol. The molecular weight excluding hydrogens is 339 g/mol. The Bertz CT molecular complexity index is 748. The molecule has 25 heavy (non-hydrogen) atoms. The molecule has 3 rings (SSSR count). The van der Waals surface area contributed by atoms with Gasteiger partial charge in [0, 0.05) is 18.0 Å². The molecular formula is C19H21FN2O2S. The molecule has 0 unspecified atom stereocenters. The minimum atomic E-state index is -0.399. The van der Waals surface area contributed by atoms with Crippen molar-refractivity contribution in [1.29, 1.82) is 0 Å². The molecule has 0 radical (unpaired) electrons. The fourth-order valence-electron chi connectivity index (χ4n) is 2.87. The number of amides is 1. The maximum absolute atomic E-state index is 14.3. The number of carbonyl (C=O) groups is 1. The third-order valence-corrected chi connectivity index (χ3v) is 5.11. The summed E-state index contributed by atoms with van der Waals surface area (Å²) in [6, 6.07) is 12.4. The van der Waals surface area contributed by atoms with E-state index >= 15 is 0 Å². The number of para-hydroxylation sites is 1. The second kappa shape index (κ2) is 8.25. The smallest absolute Gasteiger partial charge is 0.234 e. The van der Waals surface area contributed by atoms with Crippen LogP contribution >= 0.6 is 11.8 Å². The molecule has 1 aliphatic heterocycles. The molecule has 1 saturated heterocycles. The Morgan fingerprint density at radius 1 is 1.24 bits per heavy atom. The first-order valence-corrected chi connectivity index (χ1v) is 9.26. The molecule has 0 aromatic heterocycles. The molecule has 1 heterocycles. The first kappa shape index (κ1) is 17.6. The molecule has 1 aliphatic rings. The SMILES string of the molecule is COc1cccc(SCC(=O)Nc2c(F)cccc2N2CCCC2)c1. The maximum atomic E-state index is 14.3. The average molecular weight is 360 g/mol. The number of halogens is 1. The van der Waals surface area contributed by atoms with Gasteiger partial charge in [0.05, 0.1) is 18.6 Å². The van der Waals surface area contributed by atoms with Crippen LogP contribution in [0.3, 0.4) is 0 Å². The summed E-state index contributed by atoms with van der Waals surface area (Å²) in [4.78, 5) is 15.4. The van der Waals surface area contributed by atoms with Crippen molar-refractivity contribution in [3.63, 3.8) is 0 Å². The number of ether oxygens (including phenoxy) is 1. The van der Waals surface area contributed by atoms with Gasteiger partial charge < -0.3 is 15.0 Å². The summed E-state index contributed by atoms with van der Waals surface area (Å²) >= 11 is 1.39. The highest BCUT2D eigenvalue weighted by Gasteiger charge is 2.19. The Morgan fingerprint density at radius 2 is 2.00 bits per heavy atom. The van der Waals surface area contributed by atoms with Crippen LogP contribution in [0.4, 0.5) is 15.8 Å². The minimum Gasteiger partial charge on any atom is -0.497 e. The number of carbonyl (C=O) groups excluding carboxylic acids is 1. The Labute approximate surface area is 151 Å². The van der Waals surface area contributed by atoms with Crippen LogP contribution in [0.2, 0.25) is 0 Å². The van der Waals surface area contributed by atoms with Crippen molar-refractivity contribution in [2.45, 2.75) is 17.7 Å². The third-order valence-electron chi connectivity index (χ3n) is 4.11. The summed E-state index contributed by atoms with van der Waals surface area (Å²) in [5, 5.41) is 2.75. The van der Waals surface area contributed by atoms with Gasteiger partial charge in [-0.3, -0.25) is 4.79 Å². The van der Waals surface area contributed by atoms with Crippen LogP contribution in [-0.2, 0) is 4.79 Å². The molecule has 0 aliphatic carbocycles. The number of benzene rings is 2. The molecule has 1 fully saturated rings. The van der Waals surface area contributed by atoms with Crippen LogP contribution in [-0.4, -0.2) is 31.9 Å². The first-order chi connectivity index (χ1) is 12.2. The number of methoxy groups -OCH3 is 1. The van der Waals surface area contributed by atoms with Crippen LogP contribution in [0.5, 0.6) is 5.75 Å². The monoisotopic (exact) mass is 360 g/mol. The lowest BCUT2D eigenvalue weighted by Gasteiger charge is -2.22. The number of thioether (sulfide) groups is 1. The minimum absolute atomic E-state index is 0.209. The summed E-state index contributed by atoms with van der Waals surface area (Å²) in [6.45, 7) is 1.79. The van der Waals surface area contributed by atoms with Crippen LogP contribution in [0.1, 0.15) is 12.8 Å². The number of nitrogens with one attached hydrogen (secondary N) is 1. The van der Waals surface area contributed by atoms with Crippen LogP contribution < -0.4 is 15.0 Å². The lowest BCUT2D eigenvalue weighted by Crippen LogP contribution is -2.22. The maximum Gasteiger partial charge on any atom is 0.234 e. The van der Waals surface area contributed by atoms with Crippen molar-refractivity contribution in [3.05, 3.63) is 48.3 Å². The fourth-order valence-corrected chi connectivity index (χ4v) is 3.62. The zero-order valence-corrected chi connectivity index (χ0v) is 14.9. The number of anilines is 2. The van der Waals surface area contributed by atoms with Crippen molar-refractivity contribution in [2.24, 2.45) is 0 Å². The molecule has 0 saturated carbocycles. The predicted octanol–water partition coefficient (Wildman–Crippen LogP) is 4.17. The summed E-state index contributed by atoms with van der Waals surface area (Å²) in [7, 11) is 1.61. The molecule has 2 aromatic carbocycles. The van der Waals surface area contributed by atoms with Crippen molar-refractivity contribution in [1.82, 2.24) is 0 Å². The van der Waals surface area contributed by atoms with E-state index in [2.05, 4.69) is 10.2 Å². The van der Waals surface area contributed by atoms with E-state index < -0.39 is 5.82 Å². The molecule has 6 heteroatoms. The summed E-state index contributed by atoms with van der Waals surface area (Å²) in [6.07, 6.45) is 2.19. The van der Waals surface area contributed by atoms with Gasteiger partial charge in [0.2, 0.25) is 5.91 Å². The van der Waals surface area contributed by atoms with E-state index in [9.17, 15) is 9.18 Å². The number of hydrogen-bond acceptors (Lipinski definition) is 4. The number of hydrogen-bond donors (Lipinski definition) is 1. The quantitative estimate of drug-likeness (QED) is 0.785. The van der Waals surface area contributed by atoms with E-state index in [0.29, 0.717) is 0 Å². The van der Waals surface area contributed by atoms with Crippen LogP contribution in [0, 0.1) is 5.82 Å². The van der Waals surface area contributed by atoms with Crippen molar-refractivity contribution in [3.8, 4) is 5.75 Å². The normalized spacial score (nSPS) is 13.8. The number of nitrogens with zero attached hydrogens (tertiary/aromatic N) is 1. The van der Waals surface area contributed by atoms with E-state index in [1.54, 1.807) is 13.2 Å². The zero-order valence-electron chi connectivity index (χ0n) is 14.1. The molecule has 0 spiro atoms. The van der Waals surface area contributed by atoms with Gasteiger partial charge in [-0.15, -0.1) is 11.8 Å². The van der Waals surface area contributed by atoms with E-state index in [-0.39, 0.29) is 17.3 Å². The standard InChI is InChI=1S/C19H21FN2O2S/c1-24-14-6-4-7-15(12-14)25-13-18(23)21-19-16(20)8-5-9-17(19)22-10-2-3-11-22/h4-9,12H,2-3,10-11,13H2,1H3,(H,21,23). The van der Waals surface area contributed by atoms with Gasteiger partial charge in [0.1, 0.15) is 17.3 Å².